The molecule has 0 spiro atoms. The molecule has 2 fully saturated rings. The Balaban J connectivity index is 1.23. The lowest BCUT2D eigenvalue weighted by Crippen LogP contribution is -2.25. The summed E-state index contributed by atoms with van der Waals surface area (Å²) in [5.41, 5.74) is -2.82. The molecule has 2 aliphatic carbocycles. The quantitative estimate of drug-likeness (QED) is 0.144. The van der Waals surface area contributed by atoms with Gasteiger partial charge in [-0.05, 0) is 91.5 Å². The summed E-state index contributed by atoms with van der Waals surface area (Å²) in [5.74, 6) is -6.41. The smallest absolute Gasteiger partial charge is 0.429 e. The van der Waals surface area contributed by atoms with E-state index in [1.54, 1.807) is 6.07 Å². The fourth-order valence-electron chi connectivity index (χ4n) is 7.65. The van der Waals surface area contributed by atoms with Crippen LogP contribution in [0, 0.1) is 46.8 Å². The molecule has 0 aliphatic heterocycles. The highest BCUT2D eigenvalue weighted by molar-refractivity contribution is 5.65. The summed E-state index contributed by atoms with van der Waals surface area (Å²) in [7, 11) is 0. The number of unbranched alkanes of at least 4 members (excludes halogenated alkanes) is 2. The Hall–Kier alpha value is -3.43. The molecule has 3 aromatic rings. The lowest BCUT2D eigenvalue weighted by molar-refractivity contribution is -0.189. The third-order valence-corrected chi connectivity index (χ3v) is 10.2. The van der Waals surface area contributed by atoms with Crippen molar-refractivity contribution in [2.45, 2.75) is 96.0 Å². The van der Waals surface area contributed by atoms with E-state index < -0.39 is 58.2 Å². The second kappa shape index (κ2) is 15.4. The minimum Gasteiger partial charge on any atom is -0.429 e. The second-order valence-electron chi connectivity index (χ2n) is 13.3. The summed E-state index contributed by atoms with van der Waals surface area (Å²) in [6.07, 6.45) is 7.03. The molecule has 0 bridgehead atoms. The van der Waals surface area contributed by atoms with Gasteiger partial charge in [0.15, 0.2) is 0 Å². The molecule has 10 heteroatoms. The number of hydrogen-bond donors (Lipinski definition) is 0. The lowest BCUT2D eigenvalue weighted by atomic mass is 9.68. The van der Waals surface area contributed by atoms with E-state index in [0.717, 1.165) is 43.1 Å². The Bertz CT molecular complexity index is 1550. The van der Waals surface area contributed by atoms with Crippen molar-refractivity contribution in [3.05, 3.63) is 94.3 Å². The summed E-state index contributed by atoms with van der Waals surface area (Å²) in [4.78, 5) is 0. The number of hydrogen-bond acceptors (Lipinski definition) is 1. The van der Waals surface area contributed by atoms with Gasteiger partial charge in [-0.2, -0.15) is 17.6 Å². The van der Waals surface area contributed by atoms with Crippen molar-refractivity contribution < 1.29 is 44.3 Å². The van der Waals surface area contributed by atoms with Gasteiger partial charge in [-0.1, -0.05) is 57.6 Å². The number of halogens is 9. The van der Waals surface area contributed by atoms with E-state index >= 15 is 4.39 Å². The van der Waals surface area contributed by atoms with E-state index in [4.69, 9.17) is 0 Å². The molecule has 5 rings (SSSR count). The molecule has 0 atom stereocenters. The van der Waals surface area contributed by atoms with Gasteiger partial charge in [0.1, 0.15) is 40.4 Å². The maximum Gasteiger partial charge on any atom is 0.432 e. The topological polar surface area (TPSA) is 9.23 Å². The first-order chi connectivity index (χ1) is 22.9. The molecular weight excluding hydrogens is 643 g/mol. The van der Waals surface area contributed by atoms with Crippen molar-refractivity contribution in [3.63, 3.8) is 0 Å². The van der Waals surface area contributed by atoms with Crippen molar-refractivity contribution in [3.8, 4) is 16.9 Å². The zero-order valence-electron chi connectivity index (χ0n) is 26.7. The van der Waals surface area contributed by atoms with E-state index in [1.807, 2.05) is 0 Å². The van der Waals surface area contributed by atoms with Gasteiger partial charge in [0.2, 0.25) is 0 Å². The van der Waals surface area contributed by atoms with Crippen LogP contribution in [-0.4, -0.2) is 0 Å². The largest absolute Gasteiger partial charge is 0.432 e. The fraction of sp³-hybridized carbons (Fsp3) is 0.474. The van der Waals surface area contributed by atoms with Crippen LogP contribution in [0.15, 0.2) is 48.5 Å². The minimum absolute atomic E-state index is 0.150. The van der Waals surface area contributed by atoms with Crippen molar-refractivity contribution in [2.75, 3.05) is 0 Å². The predicted octanol–water partition coefficient (Wildman–Crippen LogP) is 13.1. The van der Waals surface area contributed by atoms with Gasteiger partial charge in [0.05, 0.1) is 5.56 Å². The average molecular weight is 683 g/mol. The standard InChI is InChI=1S/C38H39F9O/c1-2-3-4-5-22-6-8-23(9-7-22)24-10-12-25(13-11-24)26-14-15-29(31(39)16-26)27-17-34(42)37(35(43)18-27)38(46,47)48-28-19-32(40)30(21-36(44)45)33(41)20-28/h14-25H,2-13H2,1H3. The zero-order chi connectivity index (χ0) is 34.6. The number of ether oxygens (including phenoxy) is 1. The first-order valence-electron chi connectivity index (χ1n) is 16.7. The molecule has 3 aromatic carbocycles. The summed E-state index contributed by atoms with van der Waals surface area (Å²) in [5, 5.41) is 0. The van der Waals surface area contributed by atoms with E-state index in [9.17, 15) is 35.1 Å². The molecule has 2 aliphatic rings. The number of alkyl halides is 2. The highest BCUT2D eigenvalue weighted by Gasteiger charge is 2.42. The van der Waals surface area contributed by atoms with Crippen LogP contribution < -0.4 is 4.74 Å². The average Bonchev–Trinajstić information content (AvgIpc) is 3.02. The van der Waals surface area contributed by atoms with Crippen LogP contribution in [0.3, 0.4) is 0 Å². The molecule has 0 unspecified atom stereocenters. The van der Waals surface area contributed by atoms with Crippen LogP contribution in [0.4, 0.5) is 39.5 Å². The van der Waals surface area contributed by atoms with Gasteiger partial charge in [-0.3, -0.25) is 0 Å². The Morgan fingerprint density at radius 3 is 1.85 bits per heavy atom. The molecule has 260 valence electrons. The van der Waals surface area contributed by atoms with E-state index in [0.29, 0.717) is 18.1 Å². The summed E-state index contributed by atoms with van der Waals surface area (Å²) < 4.78 is 132. The van der Waals surface area contributed by atoms with Gasteiger partial charge in [0, 0.05) is 23.8 Å². The van der Waals surface area contributed by atoms with Gasteiger partial charge in [-0.25, -0.2) is 22.0 Å². The zero-order valence-corrected chi connectivity index (χ0v) is 26.7. The maximum absolute atomic E-state index is 15.3. The molecule has 1 nitrogen and oxygen atoms in total. The number of rotatable bonds is 11. The third kappa shape index (κ3) is 8.40. The SMILES string of the molecule is CCCCCC1CCC(C2CCC(c3ccc(-c4cc(F)c(C(F)(F)Oc5cc(F)c(C=C(F)F)c(F)c5)c(F)c4)c(F)c3)CC2)CC1. The van der Waals surface area contributed by atoms with Crippen LogP contribution in [-0.2, 0) is 6.11 Å². The number of benzene rings is 3. The van der Waals surface area contributed by atoms with Crippen molar-refractivity contribution >= 4 is 6.08 Å². The maximum atomic E-state index is 15.3. The summed E-state index contributed by atoms with van der Waals surface area (Å²) in [6, 6.07) is 5.82. The molecule has 0 amide bonds. The monoisotopic (exact) mass is 682 g/mol. The molecule has 0 N–H and O–H groups in total. The van der Waals surface area contributed by atoms with Gasteiger partial charge in [-0.15, -0.1) is 0 Å². The predicted molar refractivity (Wildman–Crippen MR) is 167 cm³/mol. The Morgan fingerprint density at radius 2 is 1.31 bits per heavy atom. The molecule has 0 aromatic heterocycles. The normalized spacial score (nSPS) is 21.6. The van der Waals surface area contributed by atoms with Crippen LogP contribution in [0.1, 0.15) is 107 Å². The van der Waals surface area contributed by atoms with Crippen LogP contribution in [0.25, 0.3) is 17.2 Å². The first kappa shape index (κ1) is 35.9. The van der Waals surface area contributed by atoms with Crippen LogP contribution >= 0.6 is 0 Å². The van der Waals surface area contributed by atoms with Crippen molar-refractivity contribution in [2.24, 2.45) is 17.8 Å². The fourth-order valence-corrected chi connectivity index (χ4v) is 7.65. The van der Waals surface area contributed by atoms with Crippen LogP contribution in [0.2, 0.25) is 0 Å². The Morgan fingerprint density at radius 1 is 0.729 bits per heavy atom. The van der Waals surface area contributed by atoms with Gasteiger partial charge >= 0.3 is 6.11 Å². The van der Waals surface area contributed by atoms with Crippen LogP contribution in [0.5, 0.6) is 5.75 Å². The molecular formula is C38H39F9O. The third-order valence-electron chi connectivity index (χ3n) is 10.2. The highest BCUT2D eigenvalue weighted by atomic mass is 19.3. The van der Waals surface area contributed by atoms with Crippen molar-refractivity contribution in [1.82, 2.24) is 0 Å². The minimum atomic E-state index is -4.77. The molecule has 0 heterocycles. The van der Waals surface area contributed by atoms with Gasteiger partial charge in [0.25, 0.3) is 6.08 Å². The van der Waals surface area contributed by atoms with E-state index in [1.165, 1.54) is 63.5 Å². The van der Waals surface area contributed by atoms with Gasteiger partial charge < -0.3 is 4.74 Å². The Kier molecular flexibility index (Phi) is 11.5. The summed E-state index contributed by atoms with van der Waals surface area (Å²) in [6.45, 7) is 2.23. The Labute approximate surface area is 275 Å². The van der Waals surface area contributed by atoms with Crippen molar-refractivity contribution in [1.29, 1.82) is 0 Å². The molecule has 0 radical (unpaired) electrons. The van der Waals surface area contributed by atoms with E-state index in [2.05, 4.69) is 11.7 Å². The molecule has 2 saturated carbocycles. The lowest BCUT2D eigenvalue weighted by Gasteiger charge is -2.38. The second-order valence-corrected chi connectivity index (χ2v) is 13.3. The molecule has 0 saturated heterocycles. The molecule has 48 heavy (non-hydrogen) atoms. The first-order valence-corrected chi connectivity index (χ1v) is 16.7. The summed E-state index contributed by atoms with van der Waals surface area (Å²) >= 11 is 0. The highest BCUT2D eigenvalue weighted by Crippen LogP contribution is 2.45. The van der Waals surface area contributed by atoms with E-state index in [-0.39, 0.29) is 35.3 Å².